The highest BCUT2D eigenvalue weighted by Crippen LogP contribution is 2.41. The molecule has 34 heavy (non-hydrogen) atoms. The standard InChI is InChI=1S/C26H36N2O5S/c1-5-7-13-26(6-2)17-34(31,32)23-15-19(14-21(27-3)25(29)30)22(33-4)16-20(23)24(28-26)18-11-9-8-10-12-18/h8-12,15-16,21,24,27-28H,5-7,13-14,17H2,1-4H3,(H,29,30)/t21-,24+,26+/m0/s1. The lowest BCUT2D eigenvalue weighted by Crippen LogP contribution is -2.50. The van der Waals surface area contributed by atoms with Gasteiger partial charge >= 0.3 is 5.97 Å². The van der Waals surface area contributed by atoms with Gasteiger partial charge in [-0.3, -0.25) is 10.1 Å². The van der Waals surface area contributed by atoms with Crippen LogP contribution in [0.4, 0.5) is 0 Å². The van der Waals surface area contributed by atoms with E-state index in [9.17, 15) is 18.3 Å². The van der Waals surface area contributed by atoms with Crippen molar-refractivity contribution in [1.82, 2.24) is 10.6 Å². The van der Waals surface area contributed by atoms with Gasteiger partial charge in [-0.15, -0.1) is 0 Å². The normalized spacial score (nSPS) is 22.4. The number of unbranched alkanes of at least 4 members (excludes halogenated alkanes) is 1. The van der Waals surface area contributed by atoms with Crippen LogP contribution in [-0.4, -0.2) is 51.0 Å². The zero-order valence-electron chi connectivity index (χ0n) is 20.4. The lowest BCUT2D eigenvalue weighted by Gasteiger charge is -2.36. The van der Waals surface area contributed by atoms with Crippen molar-refractivity contribution in [2.24, 2.45) is 0 Å². The van der Waals surface area contributed by atoms with Crippen LogP contribution in [0.5, 0.6) is 5.75 Å². The summed E-state index contributed by atoms with van der Waals surface area (Å²) in [5, 5.41) is 16.0. The number of hydrogen-bond acceptors (Lipinski definition) is 6. The van der Waals surface area contributed by atoms with E-state index in [1.54, 1.807) is 19.2 Å². The van der Waals surface area contributed by atoms with Gasteiger partial charge in [-0.1, -0.05) is 57.0 Å². The van der Waals surface area contributed by atoms with Crippen LogP contribution in [0.25, 0.3) is 0 Å². The van der Waals surface area contributed by atoms with Crippen molar-refractivity contribution in [2.45, 2.75) is 68.5 Å². The number of nitrogens with one attached hydrogen (secondary N) is 2. The number of benzene rings is 2. The number of likely N-dealkylation sites (N-methyl/N-ethyl adjacent to an activating group) is 1. The summed E-state index contributed by atoms with van der Waals surface area (Å²) >= 11 is 0. The molecule has 2 aromatic carbocycles. The van der Waals surface area contributed by atoms with E-state index in [2.05, 4.69) is 17.6 Å². The molecule has 3 N–H and O–H groups in total. The lowest BCUT2D eigenvalue weighted by molar-refractivity contribution is -0.139. The number of hydrogen-bond donors (Lipinski definition) is 3. The summed E-state index contributed by atoms with van der Waals surface area (Å²) in [5.74, 6) is -0.529. The van der Waals surface area contributed by atoms with Gasteiger partial charge < -0.3 is 15.2 Å². The molecule has 1 aliphatic heterocycles. The Morgan fingerprint density at radius 3 is 2.53 bits per heavy atom. The highest BCUT2D eigenvalue weighted by atomic mass is 32.2. The quantitative estimate of drug-likeness (QED) is 0.468. The van der Waals surface area contributed by atoms with Crippen LogP contribution < -0.4 is 15.4 Å². The van der Waals surface area contributed by atoms with E-state index in [-0.39, 0.29) is 23.1 Å². The van der Waals surface area contributed by atoms with Gasteiger partial charge in [-0.25, -0.2) is 8.42 Å². The largest absolute Gasteiger partial charge is 0.496 e. The third-order valence-electron chi connectivity index (χ3n) is 6.86. The maximum atomic E-state index is 13.8. The molecule has 0 spiro atoms. The fourth-order valence-corrected chi connectivity index (χ4v) is 6.98. The fourth-order valence-electron chi connectivity index (χ4n) is 4.81. The van der Waals surface area contributed by atoms with E-state index in [0.717, 1.165) is 24.8 Å². The van der Waals surface area contributed by atoms with Crippen LogP contribution in [0.2, 0.25) is 0 Å². The van der Waals surface area contributed by atoms with Gasteiger partial charge in [0.1, 0.15) is 11.8 Å². The molecular weight excluding hydrogens is 452 g/mol. The Hall–Kier alpha value is -2.42. The van der Waals surface area contributed by atoms with Gasteiger partial charge in [0, 0.05) is 12.0 Å². The minimum atomic E-state index is -3.67. The number of aliphatic carboxylic acids is 1. The Balaban J connectivity index is 2.24. The van der Waals surface area contributed by atoms with Crippen LogP contribution in [0.15, 0.2) is 47.4 Å². The number of rotatable bonds is 10. The molecule has 8 heteroatoms. The number of carboxylic acids is 1. The molecule has 0 unspecified atom stereocenters. The molecule has 2 aromatic rings. The molecule has 1 aliphatic rings. The monoisotopic (exact) mass is 488 g/mol. The molecule has 0 saturated heterocycles. The predicted molar refractivity (Wildman–Crippen MR) is 133 cm³/mol. The highest BCUT2D eigenvalue weighted by molar-refractivity contribution is 7.91. The first-order valence-corrected chi connectivity index (χ1v) is 13.5. The molecule has 3 rings (SSSR count). The number of carboxylic acid groups (broad SMARTS) is 1. The van der Waals surface area contributed by atoms with Gasteiger partial charge in [0.15, 0.2) is 9.84 Å². The molecule has 1 heterocycles. The minimum Gasteiger partial charge on any atom is -0.496 e. The molecule has 7 nitrogen and oxygen atoms in total. The minimum absolute atomic E-state index is 0.00696. The first-order valence-electron chi connectivity index (χ1n) is 11.9. The summed E-state index contributed by atoms with van der Waals surface area (Å²) in [6, 6.07) is 12.0. The van der Waals surface area contributed by atoms with Crippen LogP contribution >= 0.6 is 0 Å². The summed E-state index contributed by atoms with van der Waals surface area (Å²) in [7, 11) is -0.570. The Kier molecular flexibility index (Phi) is 8.38. The van der Waals surface area contributed by atoms with Gasteiger partial charge in [0.05, 0.1) is 23.8 Å². The maximum absolute atomic E-state index is 13.8. The smallest absolute Gasteiger partial charge is 0.321 e. The summed E-state index contributed by atoms with van der Waals surface area (Å²) in [5.41, 5.74) is 1.59. The van der Waals surface area contributed by atoms with E-state index in [1.807, 2.05) is 37.3 Å². The van der Waals surface area contributed by atoms with Crippen molar-refractivity contribution < 1.29 is 23.1 Å². The summed E-state index contributed by atoms with van der Waals surface area (Å²) in [4.78, 5) is 11.9. The second kappa shape index (κ2) is 10.9. The van der Waals surface area contributed by atoms with Crippen molar-refractivity contribution >= 4 is 15.8 Å². The highest BCUT2D eigenvalue weighted by Gasteiger charge is 2.42. The van der Waals surface area contributed by atoms with Gasteiger partial charge in [0.25, 0.3) is 0 Å². The number of carbonyl (C=O) groups is 1. The fraction of sp³-hybridized carbons (Fsp3) is 0.500. The van der Waals surface area contributed by atoms with Crippen LogP contribution in [0.1, 0.15) is 62.3 Å². The van der Waals surface area contributed by atoms with Gasteiger partial charge in [0.2, 0.25) is 0 Å². The number of sulfone groups is 1. The molecule has 3 atom stereocenters. The molecule has 0 fully saturated rings. The zero-order valence-corrected chi connectivity index (χ0v) is 21.2. The molecule has 0 amide bonds. The van der Waals surface area contributed by atoms with Crippen LogP contribution in [0, 0.1) is 0 Å². The van der Waals surface area contributed by atoms with Crippen molar-refractivity contribution in [2.75, 3.05) is 19.9 Å². The molecule has 0 aliphatic carbocycles. The second-order valence-corrected chi connectivity index (χ2v) is 11.0. The molecule has 186 valence electrons. The van der Waals surface area contributed by atoms with Crippen molar-refractivity contribution in [3.05, 3.63) is 59.2 Å². The lowest BCUT2D eigenvalue weighted by atomic mass is 9.87. The summed E-state index contributed by atoms with van der Waals surface area (Å²) in [6.07, 6.45) is 3.43. The Morgan fingerprint density at radius 2 is 1.97 bits per heavy atom. The zero-order chi connectivity index (χ0) is 24.9. The molecule has 0 bridgehead atoms. The van der Waals surface area contributed by atoms with E-state index in [4.69, 9.17) is 4.74 Å². The SMILES string of the molecule is CCCC[C@]1(CC)CS(=O)(=O)c2cc(C[C@H](NC)C(=O)O)c(OC)cc2[C@@H](c2ccccc2)N1. The Bertz CT molecular complexity index is 1100. The average Bonchev–Trinajstić information content (AvgIpc) is 2.93. The molecule has 0 radical (unpaired) electrons. The predicted octanol–water partition coefficient (Wildman–Crippen LogP) is 3.72. The first kappa shape index (κ1) is 26.2. The summed E-state index contributed by atoms with van der Waals surface area (Å²) in [6.45, 7) is 4.14. The topological polar surface area (TPSA) is 105 Å². The van der Waals surface area contributed by atoms with Crippen molar-refractivity contribution in [3.8, 4) is 5.75 Å². The van der Waals surface area contributed by atoms with Gasteiger partial charge in [-0.05, 0) is 48.7 Å². The average molecular weight is 489 g/mol. The number of ether oxygens (including phenoxy) is 1. The van der Waals surface area contributed by atoms with Crippen LogP contribution in [0.3, 0.4) is 0 Å². The van der Waals surface area contributed by atoms with Gasteiger partial charge in [-0.2, -0.15) is 0 Å². The van der Waals surface area contributed by atoms with Crippen LogP contribution in [-0.2, 0) is 21.1 Å². The number of fused-ring (bicyclic) bond motifs is 1. The second-order valence-electron chi connectivity index (χ2n) is 9.07. The Labute approximate surface area is 202 Å². The summed E-state index contributed by atoms with van der Waals surface area (Å²) < 4.78 is 33.3. The van der Waals surface area contributed by atoms with E-state index in [0.29, 0.717) is 23.3 Å². The van der Waals surface area contributed by atoms with Crippen molar-refractivity contribution in [3.63, 3.8) is 0 Å². The van der Waals surface area contributed by atoms with Crippen molar-refractivity contribution in [1.29, 1.82) is 0 Å². The third kappa shape index (κ3) is 5.45. The van der Waals surface area contributed by atoms with E-state index < -0.39 is 27.4 Å². The first-order chi connectivity index (χ1) is 16.2. The van der Waals surface area contributed by atoms with E-state index in [1.165, 1.54) is 7.11 Å². The number of methoxy groups -OCH3 is 1. The maximum Gasteiger partial charge on any atom is 0.321 e. The Morgan fingerprint density at radius 1 is 1.26 bits per heavy atom. The third-order valence-corrected chi connectivity index (χ3v) is 8.82. The van der Waals surface area contributed by atoms with E-state index >= 15 is 0 Å². The molecule has 0 saturated carbocycles. The molecular formula is C26H36N2O5S. The molecule has 0 aromatic heterocycles.